The maximum atomic E-state index is 12.1. The monoisotopic (exact) mass is 317 g/mol. The molecule has 1 aromatic heterocycles. The van der Waals surface area contributed by atoms with Crippen LogP contribution in [0.15, 0.2) is 18.3 Å². The summed E-state index contributed by atoms with van der Waals surface area (Å²) in [5.41, 5.74) is 0.480. The first-order chi connectivity index (χ1) is 10.4. The smallest absolute Gasteiger partial charge is 0.388 e. The molecule has 0 saturated heterocycles. The van der Waals surface area contributed by atoms with Gasteiger partial charge in [-0.3, -0.25) is 0 Å². The molecule has 0 aromatic carbocycles. The lowest BCUT2D eigenvalue weighted by molar-refractivity contribution is -0.276. The van der Waals surface area contributed by atoms with Crippen LogP contribution in [0.3, 0.4) is 0 Å². The molecule has 5 nitrogen and oxygen atoms in total. The van der Waals surface area contributed by atoms with E-state index >= 15 is 0 Å². The van der Waals surface area contributed by atoms with Crippen molar-refractivity contribution in [1.82, 2.24) is 15.6 Å². The lowest BCUT2D eigenvalue weighted by Gasteiger charge is -2.22. The minimum atomic E-state index is -4.78. The highest BCUT2D eigenvalue weighted by atomic mass is 19.4. The molecule has 0 unspecified atom stereocenters. The first-order valence-electron chi connectivity index (χ1n) is 7.17. The van der Waals surface area contributed by atoms with E-state index in [4.69, 9.17) is 0 Å². The predicted molar refractivity (Wildman–Crippen MR) is 73.2 cm³/mol. The van der Waals surface area contributed by atoms with Gasteiger partial charge in [0, 0.05) is 24.8 Å². The van der Waals surface area contributed by atoms with Crippen molar-refractivity contribution in [3.05, 3.63) is 23.9 Å². The van der Waals surface area contributed by atoms with Crippen LogP contribution in [0.25, 0.3) is 0 Å². The van der Waals surface area contributed by atoms with E-state index in [9.17, 15) is 18.0 Å². The van der Waals surface area contributed by atoms with Crippen molar-refractivity contribution in [3.8, 4) is 5.88 Å². The number of alkyl halides is 3. The van der Waals surface area contributed by atoms with Gasteiger partial charge in [0.05, 0.1) is 0 Å². The molecule has 1 fully saturated rings. The van der Waals surface area contributed by atoms with E-state index in [1.165, 1.54) is 18.7 Å². The summed E-state index contributed by atoms with van der Waals surface area (Å²) in [6, 6.07) is 2.52. The number of ether oxygens (including phenoxy) is 1. The number of carbonyl (C=O) groups is 1. The Balaban J connectivity index is 1.80. The number of halogens is 3. The number of hydrogen-bond donors (Lipinski definition) is 2. The quantitative estimate of drug-likeness (QED) is 0.897. The van der Waals surface area contributed by atoms with Crippen molar-refractivity contribution in [3.63, 3.8) is 0 Å². The molecular weight excluding hydrogens is 299 g/mol. The van der Waals surface area contributed by atoms with Gasteiger partial charge in [0.1, 0.15) is 0 Å². The minimum absolute atomic E-state index is 0.106. The Morgan fingerprint density at radius 1 is 1.32 bits per heavy atom. The second-order valence-electron chi connectivity index (χ2n) is 5.21. The molecule has 22 heavy (non-hydrogen) atoms. The molecule has 0 radical (unpaired) electrons. The second kappa shape index (κ2) is 7.33. The fraction of sp³-hybridized carbons (Fsp3) is 0.571. The number of carbonyl (C=O) groups excluding carboxylic acids is 1. The molecule has 0 bridgehead atoms. The Morgan fingerprint density at radius 3 is 2.73 bits per heavy atom. The van der Waals surface area contributed by atoms with Crippen LogP contribution >= 0.6 is 0 Å². The van der Waals surface area contributed by atoms with E-state index in [2.05, 4.69) is 20.4 Å². The van der Waals surface area contributed by atoms with Gasteiger partial charge in [0.25, 0.3) is 0 Å². The summed E-state index contributed by atoms with van der Waals surface area (Å²) in [5, 5.41) is 5.49. The SMILES string of the molecule is O=C(NCc1ccnc(OC(F)(F)F)c1)NC1CCCCC1. The van der Waals surface area contributed by atoms with E-state index in [-0.39, 0.29) is 18.6 Å². The summed E-state index contributed by atoms with van der Waals surface area (Å²) in [5.74, 6) is -0.542. The Hall–Kier alpha value is -1.99. The standard InChI is InChI=1S/C14H18F3N3O2/c15-14(16,17)22-12-8-10(6-7-18-12)9-19-13(21)20-11-4-2-1-3-5-11/h6-8,11H,1-5,9H2,(H2,19,20,21). The van der Waals surface area contributed by atoms with Gasteiger partial charge in [-0.1, -0.05) is 19.3 Å². The maximum absolute atomic E-state index is 12.1. The Morgan fingerprint density at radius 2 is 2.05 bits per heavy atom. The van der Waals surface area contributed by atoms with Gasteiger partial charge < -0.3 is 15.4 Å². The summed E-state index contributed by atoms with van der Waals surface area (Å²) in [4.78, 5) is 15.2. The highest BCUT2D eigenvalue weighted by Crippen LogP contribution is 2.21. The highest BCUT2D eigenvalue weighted by molar-refractivity contribution is 5.74. The van der Waals surface area contributed by atoms with Gasteiger partial charge in [-0.15, -0.1) is 13.2 Å². The van der Waals surface area contributed by atoms with Crippen LogP contribution in [0, 0.1) is 0 Å². The Kier molecular flexibility index (Phi) is 5.46. The summed E-state index contributed by atoms with van der Waals surface area (Å²) < 4.78 is 40.0. The zero-order chi connectivity index (χ0) is 16.0. The third-order valence-corrected chi connectivity index (χ3v) is 3.41. The van der Waals surface area contributed by atoms with Crippen LogP contribution in [0.2, 0.25) is 0 Å². The Bertz CT molecular complexity index is 502. The first-order valence-corrected chi connectivity index (χ1v) is 7.17. The number of hydrogen-bond acceptors (Lipinski definition) is 3. The van der Waals surface area contributed by atoms with E-state index < -0.39 is 12.2 Å². The van der Waals surface area contributed by atoms with Crippen LogP contribution in [0.4, 0.5) is 18.0 Å². The molecular formula is C14H18F3N3O2. The van der Waals surface area contributed by atoms with Gasteiger partial charge in [-0.25, -0.2) is 9.78 Å². The number of nitrogens with one attached hydrogen (secondary N) is 2. The molecule has 1 aliphatic carbocycles. The van der Waals surface area contributed by atoms with Crippen molar-refractivity contribution < 1.29 is 22.7 Å². The molecule has 8 heteroatoms. The third-order valence-electron chi connectivity index (χ3n) is 3.41. The number of aromatic nitrogens is 1. The highest BCUT2D eigenvalue weighted by Gasteiger charge is 2.31. The largest absolute Gasteiger partial charge is 0.574 e. The molecule has 1 aliphatic rings. The summed E-state index contributed by atoms with van der Waals surface area (Å²) in [7, 11) is 0. The fourth-order valence-corrected chi connectivity index (χ4v) is 2.40. The zero-order valence-corrected chi connectivity index (χ0v) is 11.9. The summed E-state index contributed by atoms with van der Waals surface area (Å²) in [6.07, 6.45) is 1.76. The lowest BCUT2D eigenvalue weighted by atomic mass is 9.96. The van der Waals surface area contributed by atoms with Crippen molar-refractivity contribution in [2.24, 2.45) is 0 Å². The van der Waals surface area contributed by atoms with Gasteiger partial charge in [0.15, 0.2) is 0 Å². The number of urea groups is 1. The molecule has 2 rings (SSSR count). The number of pyridine rings is 1. The van der Waals surface area contributed by atoms with Gasteiger partial charge in [0.2, 0.25) is 5.88 Å². The first kappa shape index (κ1) is 16.4. The summed E-state index contributed by atoms with van der Waals surface area (Å²) in [6.45, 7) is 0.106. The van der Waals surface area contributed by atoms with Crippen molar-refractivity contribution in [2.75, 3.05) is 0 Å². The molecule has 122 valence electrons. The van der Waals surface area contributed by atoms with Crippen LogP contribution < -0.4 is 15.4 Å². The van der Waals surface area contributed by atoms with E-state index in [1.807, 2.05) is 0 Å². The number of nitrogens with zero attached hydrogens (tertiary/aromatic N) is 1. The van der Waals surface area contributed by atoms with Crippen LogP contribution in [-0.2, 0) is 6.54 Å². The maximum Gasteiger partial charge on any atom is 0.574 e. The third kappa shape index (κ3) is 5.79. The van der Waals surface area contributed by atoms with Crippen molar-refractivity contribution in [1.29, 1.82) is 0 Å². The predicted octanol–water partition coefficient (Wildman–Crippen LogP) is 3.11. The number of rotatable bonds is 4. The van der Waals surface area contributed by atoms with Gasteiger partial charge >= 0.3 is 12.4 Å². The van der Waals surface area contributed by atoms with Gasteiger partial charge in [-0.05, 0) is 24.5 Å². The minimum Gasteiger partial charge on any atom is -0.388 e. The molecule has 1 aromatic rings. The zero-order valence-electron chi connectivity index (χ0n) is 11.9. The number of amides is 2. The normalized spacial score (nSPS) is 16.1. The molecule has 2 N–H and O–H groups in total. The molecule has 0 spiro atoms. The van der Waals surface area contributed by atoms with Crippen LogP contribution in [0.5, 0.6) is 5.88 Å². The van der Waals surface area contributed by atoms with Gasteiger partial charge in [-0.2, -0.15) is 0 Å². The summed E-state index contributed by atoms with van der Waals surface area (Å²) >= 11 is 0. The molecule has 1 heterocycles. The molecule has 2 amide bonds. The molecule has 0 aliphatic heterocycles. The lowest BCUT2D eigenvalue weighted by Crippen LogP contribution is -2.42. The van der Waals surface area contributed by atoms with E-state index in [0.717, 1.165) is 31.7 Å². The van der Waals surface area contributed by atoms with Crippen LogP contribution in [-0.4, -0.2) is 23.4 Å². The Labute approximate surface area is 126 Å². The topological polar surface area (TPSA) is 63.2 Å². The average Bonchev–Trinajstić information content (AvgIpc) is 2.45. The van der Waals surface area contributed by atoms with Crippen molar-refractivity contribution >= 4 is 6.03 Å². The molecule has 1 saturated carbocycles. The average molecular weight is 317 g/mol. The fourth-order valence-electron chi connectivity index (χ4n) is 2.40. The van der Waals surface area contributed by atoms with Crippen LogP contribution in [0.1, 0.15) is 37.7 Å². The molecule has 0 atom stereocenters. The second-order valence-corrected chi connectivity index (χ2v) is 5.21. The van der Waals surface area contributed by atoms with E-state index in [0.29, 0.717) is 5.56 Å². The van der Waals surface area contributed by atoms with Crippen molar-refractivity contribution in [2.45, 2.75) is 51.1 Å². The van der Waals surface area contributed by atoms with E-state index in [1.54, 1.807) is 0 Å².